The number of nitrogens with one attached hydrogen (secondary N) is 1. The van der Waals surface area contributed by atoms with E-state index in [0.29, 0.717) is 6.61 Å². The van der Waals surface area contributed by atoms with Gasteiger partial charge in [0.25, 0.3) is 0 Å². The molecule has 4 nitrogen and oxygen atoms in total. The largest absolute Gasteiger partial charge is 0.466 e. The van der Waals surface area contributed by atoms with Crippen LogP contribution in [-0.2, 0) is 20.7 Å². The third-order valence-corrected chi connectivity index (χ3v) is 2.42. The van der Waals surface area contributed by atoms with Crippen LogP contribution in [0.5, 0.6) is 0 Å². The SMILES string of the molecule is C#CC(CC(=O)OCC)NC(=O)Cc1ccccc1. The molecular weight excluding hydrogens is 242 g/mol. The first-order valence-corrected chi connectivity index (χ1v) is 6.10. The van der Waals surface area contributed by atoms with Crippen LogP contribution in [0.2, 0.25) is 0 Å². The molecule has 0 aliphatic rings. The van der Waals surface area contributed by atoms with Crippen molar-refractivity contribution >= 4 is 11.9 Å². The Morgan fingerprint density at radius 3 is 2.63 bits per heavy atom. The topological polar surface area (TPSA) is 55.4 Å². The van der Waals surface area contributed by atoms with Crippen LogP contribution >= 0.6 is 0 Å². The predicted octanol–water partition coefficient (Wildman–Crippen LogP) is 1.30. The number of ether oxygens (including phenoxy) is 1. The van der Waals surface area contributed by atoms with E-state index in [1.54, 1.807) is 6.92 Å². The molecule has 0 aromatic heterocycles. The molecule has 0 saturated carbocycles. The van der Waals surface area contributed by atoms with Crippen molar-refractivity contribution in [2.24, 2.45) is 0 Å². The summed E-state index contributed by atoms with van der Waals surface area (Å²) >= 11 is 0. The van der Waals surface area contributed by atoms with Crippen molar-refractivity contribution in [1.29, 1.82) is 0 Å². The molecule has 1 aromatic carbocycles. The van der Waals surface area contributed by atoms with E-state index in [0.717, 1.165) is 5.56 Å². The summed E-state index contributed by atoms with van der Waals surface area (Å²) in [4.78, 5) is 23.0. The number of hydrogen-bond acceptors (Lipinski definition) is 3. The monoisotopic (exact) mass is 259 g/mol. The maximum atomic E-state index is 11.8. The highest BCUT2D eigenvalue weighted by Gasteiger charge is 2.14. The van der Waals surface area contributed by atoms with E-state index >= 15 is 0 Å². The second kappa shape index (κ2) is 7.93. The first kappa shape index (κ1) is 14.8. The highest BCUT2D eigenvalue weighted by molar-refractivity contribution is 5.80. The number of hydrogen-bond donors (Lipinski definition) is 1. The van der Waals surface area contributed by atoms with Crippen molar-refractivity contribution in [2.75, 3.05) is 6.61 Å². The molecule has 0 radical (unpaired) electrons. The van der Waals surface area contributed by atoms with Gasteiger partial charge in [0.1, 0.15) is 6.04 Å². The zero-order chi connectivity index (χ0) is 14.1. The van der Waals surface area contributed by atoms with E-state index in [4.69, 9.17) is 11.2 Å². The van der Waals surface area contributed by atoms with Crippen LogP contribution in [0.1, 0.15) is 18.9 Å². The van der Waals surface area contributed by atoms with Gasteiger partial charge in [0.2, 0.25) is 5.91 Å². The second-order valence-corrected chi connectivity index (χ2v) is 3.96. The first-order chi connectivity index (χ1) is 9.15. The lowest BCUT2D eigenvalue weighted by Crippen LogP contribution is -2.36. The molecule has 0 heterocycles. The Balaban J connectivity index is 2.45. The molecule has 0 saturated heterocycles. The highest BCUT2D eigenvalue weighted by atomic mass is 16.5. The summed E-state index contributed by atoms with van der Waals surface area (Å²) in [7, 11) is 0. The number of benzene rings is 1. The number of carbonyl (C=O) groups is 2. The van der Waals surface area contributed by atoms with Crippen LogP contribution in [0.25, 0.3) is 0 Å². The smallest absolute Gasteiger partial charge is 0.308 e. The minimum absolute atomic E-state index is 0.00906. The summed E-state index contributed by atoms with van der Waals surface area (Å²) in [6, 6.07) is 8.69. The van der Waals surface area contributed by atoms with Crippen molar-refractivity contribution in [3.8, 4) is 12.3 Å². The van der Waals surface area contributed by atoms with Crippen LogP contribution in [-0.4, -0.2) is 24.5 Å². The molecule has 1 unspecified atom stereocenters. The molecular formula is C15H17NO3. The van der Waals surface area contributed by atoms with E-state index in [1.165, 1.54) is 0 Å². The second-order valence-electron chi connectivity index (χ2n) is 3.96. The lowest BCUT2D eigenvalue weighted by Gasteiger charge is -2.12. The van der Waals surface area contributed by atoms with Crippen molar-refractivity contribution in [3.63, 3.8) is 0 Å². The average Bonchev–Trinajstić information content (AvgIpc) is 2.39. The lowest BCUT2D eigenvalue weighted by molar-refractivity contribution is -0.143. The Labute approximate surface area is 113 Å². The fourth-order valence-electron chi connectivity index (χ4n) is 1.56. The molecule has 0 spiro atoms. The van der Waals surface area contributed by atoms with Crippen LogP contribution in [0.3, 0.4) is 0 Å². The Morgan fingerprint density at radius 2 is 2.05 bits per heavy atom. The molecule has 1 atom stereocenters. The maximum Gasteiger partial charge on any atom is 0.308 e. The molecule has 4 heteroatoms. The van der Waals surface area contributed by atoms with E-state index in [-0.39, 0.29) is 18.7 Å². The Bertz CT molecular complexity index is 462. The maximum absolute atomic E-state index is 11.8. The van der Waals surface area contributed by atoms with Gasteiger partial charge in [0.15, 0.2) is 0 Å². The zero-order valence-corrected chi connectivity index (χ0v) is 10.9. The summed E-state index contributed by atoms with van der Waals surface area (Å²) in [5.41, 5.74) is 0.895. The Kier molecular flexibility index (Phi) is 6.17. The van der Waals surface area contributed by atoms with E-state index in [2.05, 4.69) is 11.2 Å². The molecule has 0 aliphatic carbocycles. The Morgan fingerprint density at radius 1 is 1.37 bits per heavy atom. The first-order valence-electron chi connectivity index (χ1n) is 6.10. The lowest BCUT2D eigenvalue weighted by atomic mass is 10.1. The van der Waals surface area contributed by atoms with Crippen molar-refractivity contribution in [2.45, 2.75) is 25.8 Å². The number of amides is 1. The zero-order valence-electron chi connectivity index (χ0n) is 10.9. The van der Waals surface area contributed by atoms with Gasteiger partial charge in [-0.1, -0.05) is 36.3 Å². The molecule has 1 rings (SSSR count). The van der Waals surface area contributed by atoms with Crippen LogP contribution in [0.4, 0.5) is 0 Å². The van der Waals surface area contributed by atoms with Crippen molar-refractivity contribution < 1.29 is 14.3 Å². The summed E-state index contributed by atoms with van der Waals surface area (Å²) in [5.74, 6) is 1.75. The normalized spacial score (nSPS) is 11.2. The molecule has 19 heavy (non-hydrogen) atoms. The molecule has 0 fully saturated rings. The van der Waals surface area contributed by atoms with Gasteiger partial charge in [-0.3, -0.25) is 9.59 Å². The summed E-state index contributed by atoms with van der Waals surface area (Å²) in [6.45, 7) is 2.02. The van der Waals surface area contributed by atoms with Crippen LogP contribution in [0, 0.1) is 12.3 Å². The van der Waals surface area contributed by atoms with Gasteiger partial charge in [0.05, 0.1) is 19.4 Å². The van der Waals surface area contributed by atoms with E-state index in [9.17, 15) is 9.59 Å². The number of carbonyl (C=O) groups excluding carboxylic acids is 2. The van der Waals surface area contributed by atoms with Gasteiger partial charge in [-0.25, -0.2) is 0 Å². The molecule has 0 bridgehead atoms. The standard InChI is InChI=1S/C15H17NO3/c1-3-13(11-15(18)19-4-2)16-14(17)10-12-8-6-5-7-9-12/h1,5-9,13H,4,10-11H2,2H3,(H,16,17). The Hall–Kier alpha value is -2.28. The fraction of sp³-hybridized carbons (Fsp3) is 0.333. The molecule has 1 aromatic rings. The molecule has 0 aliphatic heterocycles. The minimum atomic E-state index is -0.629. The summed E-state index contributed by atoms with van der Waals surface area (Å²) in [5, 5.41) is 2.63. The van der Waals surface area contributed by atoms with E-state index < -0.39 is 12.0 Å². The van der Waals surface area contributed by atoms with Gasteiger partial charge in [-0.15, -0.1) is 6.42 Å². The quantitative estimate of drug-likeness (QED) is 0.619. The summed E-state index contributed by atoms with van der Waals surface area (Å²) < 4.78 is 4.79. The molecule has 100 valence electrons. The summed E-state index contributed by atoms with van der Waals surface area (Å²) in [6.07, 6.45) is 5.52. The predicted molar refractivity (Wildman–Crippen MR) is 72.2 cm³/mol. The third-order valence-electron chi connectivity index (χ3n) is 2.42. The van der Waals surface area contributed by atoms with Crippen molar-refractivity contribution in [1.82, 2.24) is 5.32 Å². The van der Waals surface area contributed by atoms with Crippen LogP contribution in [0.15, 0.2) is 30.3 Å². The minimum Gasteiger partial charge on any atom is -0.466 e. The number of esters is 1. The van der Waals surface area contributed by atoms with Gasteiger partial charge >= 0.3 is 5.97 Å². The van der Waals surface area contributed by atoms with E-state index in [1.807, 2.05) is 30.3 Å². The number of rotatable bonds is 6. The van der Waals surface area contributed by atoms with Gasteiger partial charge in [0, 0.05) is 0 Å². The third kappa shape index (κ3) is 5.73. The van der Waals surface area contributed by atoms with Crippen LogP contribution < -0.4 is 5.32 Å². The van der Waals surface area contributed by atoms with Crippen molar-refractivity contribution in [3.05, 3.63) is 35.9 Å². The van der Waals surface area contributed by atoms with Gasteiger partial charge < -0.3 is 10.1 Å². The molecule has 1 amide bonds. The highest BCUT2D eigenvalue weighted by Crippen LogP contribution is 2.01. The molecule has 1 N–H and O–H groups in total. The average molecular weight is 259 g/mol. The fourth-order valence-corrected chi connectivity index (χ4v) is 1.56. The van der Waals surface area contributed by atoms with Gasteiger partial charge in [-0.05, 0) is 12.5 Å². The number of terminal acetylenes is 1. The van der Waals surface area contributed by atoms with Gasteiger partial charge in [-0.2, -0.15) is 0 Å².